The molecule has 0 saturated carbocycles. The summed E-state index contributed by atoms with van der Waals surface area (Å²) in [5.74, 6) is -0.325. The van der Waals surface area contributed by atoms with Crippen molar-refractivity contribution in [1.29, 1.82) is 0 Å². The number of aliphatic hydroxyl groups is 1. The van der Waals surface area contributed by atoms with Gasteiger partial charge in [0.25, 0.3) is 5.78 Å². The third-order valence-corrected chi connectivity index (χ3v) is 7.93. The minimum Gasteiger partial charge on any atom is -0.507 e. The second kappa shape index (κ2) is 9.45. The molecule has 9 heteroatoms. The highest BCUT2D eigenvalue weighted by Crippen LogP contribution is 2.45. The SMILES string of the molecule is CCOc1ccc2nc(N3C(=O)C(=O)/C(=C(/O)c4ccc5c(c4)C[C@@H](C)O5)[C@@H]3c3ccc(Cl)cc3)sc2c1. The van der Waals surface area contributed by atoms with Crippen LogP contribution in [-0.4, -0.2) is 34.5 Å². The number of benzene rings is 3. The summed E-state index contributed by atoms with van der Waals surface area (Å²) in [6, 6.07) is 16.8. The zero-order valence-electron chi connectivity index (χ0n) is 20.6. The quantitative estimate of drug-likeness (QED) is 0.179. The van der Waals surface area contributed by atoms with Crippen molar-refractivity contribution in [2.24, 2.45) is 0 Å². The van der Waals surface area contributed by atoms with Crippen LogP contribution in [0.4, 0.5) is 5.13 Å². The Labute approximate surface area is 227 Å². The number of rotatable bonds is 5. The number of hydrogen-bond donors (Lipinski definition) is 1. The van der Waals surface area contributed by atoms with Crippen molar-refractivity contribution in [2.75, 3.05) is 11.5 Å². The summed E-state index contributed by atoms with van der Waals surface area (Å²) in [5.41, 5.74) is 2.69. The molecule has 1 aromatic heterocycles. The number of halogens is 1. The third-order valence-electron chi connectivity index (χ3n) is 6.67. The van der Waals surface area contributed by atoms with E-state index >= 15 is 0 Å². The van der Waals surface area contributed by atoms with E-state index in [1.165, 1.54) is 16.2 Å². The number of ketones is 1. The smallest absolute Gasteiger partial charge is 0.301 e. The Morgan fingerprint density at radius 1 is 1.16 bits per heavy atom. The van der Waals surface area contributed by atoms with Gasteiger partial charge in [-0.2, -0.15) is 0 Å². The third kappa shape index (κ3) is 4.10. The summed E-state index contributed by atoms with van der Waals surface area (Å²) in [6.07, 6.45) is 0.727. The van der Waals surface area contributed by atoms with Crippen LogP contribution >= 0.6 is 22.9 Å². The normalized spacial score (nSPS) is 20.1. The molecule has 1 amide bonds. The van der Waals surface area contributed by atoms with Gasteiger partial charge in [0.15, 0.2) is 5.13 Å². The predicted molar refractivity (Wildman–Crippen MR) is 147 cm³/mol. The number of aromatic nitrogens is 1. The van der Waals surface area contributed by atoms with E-state index in [9.17, 15) is 14.7 Å². The van der Waals surface area contributed by atoms with Crippen LogP contribution in [0.3, 0.4) is 0 Å². The van der Waals surface area contributed by atoms with Gasteiger partial charge in [0.2, 0.25) is 0 Å². The first-order valence-corrected chi connectivity index (χ1v) is 13.4. The highest BCUT2D eigenvalue weighted by atomic mass is 35.5. The zero-order valence-corrected chi connectivity index (χ0v) is 22.2. The van der Waals surface area contributed by atoms with E-state index in [1.54, 1.807) is 36.4 Å². The Kier molecular flexibility index (Phi) is 6.08. The molecule has 3 aromatic carbocycles. The molecule has 4 aromatic rings. The standard InChI is InChI=1S/C29H23ClN2O5S/c1-3-36-20-9-10-21-23(14-20)38-29(31-21)32-25(16-4-7-19(30)8-5-16)24(27(34)28(32)35)26(33)17-6-11-22-18(13-17)12-15(2)37-22/h4-11,13-15,25,33H,3,12H2,1-2H3/b26-24+/t15-,25+/m1/s1. The number of aliphatic hydroxyl groups excluding tert-OH is 1. The summed E-state index contributed by atoms with van der Waals surface area (Å²) in [4.78, 5) is 33.0. The lowest BCUT2D eigenvalue weighted by atomic mass is 9.94. The fourth-order valence-corrected chi connectivity index (χ4v) is 6.11. The molecule has 0 aliphatic carbocycles. The number of amides is 1. The lowest BCUT2D eigenvalue weighted by molar-refractivity contribution is -0.132. The number of carbonyl (C=O) groups excluding carboxylic acids is 2. The highest BCUT2D eigenvalue weighted by Gasteiger charge is 2.48. The molecular weight excluding hydrogens is 524 g/mol. The van der Waals surface area contributed by atoms with E-state index in [0.29, 0.717) is 45.6 Å². The van der Waals surface area contributed by atoms with Crippen LogP contribution in [0.1, 0.15) is 36.6 Å². The maximum Gasteiger partial charge on any atom is 0.301 e. The van der Waals surface area contributed by atoms with Crippen molar-refractivity contribution in [1.82, 2.24) is 4.98 Å². The van der Waals surface area contributed by atoms with Gasteiger partial charge < -0.3 is 14.6 Å². The molecule has 2 atom stereocenters. The van der Waals surface area contributed by atoms with E-state index < -0.39 is 17.7 Å². The number of hydrogen-bond acceptors (Lipinski definition) is 7. The largest absolute Gasteiger partial charge is 0.507 e. The molecule has 0 unspecified atom stereocenters. The van der Waals surface area contributed by atoms with Crippen molar-refractivity contribution in [3.63, 3.8) is 0 Å². The van der Waals surface area contributed by atoms with Crippen LogP contribution < -0.4 is 14.4 Å². The van der Waals surface area contributed by atoms with Crippen LogP contribution in [0.5, 0.6) is 11.5 Å². The molecular formula is C29H23ClN2O5S. The molecule has 6 rings (SSSR count). The molecule has 0 radical (unpaired) electrons. The van der Waals surface area contributed by atoms with Crippen LogP contribution in [0.15, 0.2) is 66.2 Å². The number of thiazole rings is 1. The monoisotopic (exact) mass is 546 g/mol. The minimum absolute atomic E-state index is 0.00139. The highest BCUT2D eigenvalue weighted by molar-refractivity contribution is 7.22. The van der Waals surface area contributed by atoms with Crippen molar-refractivity contribution in [3.05, 3.63) is 87.9 Å². The van der Waals surface area contributed by atoms with Gasteiger partial charge in [0.1, 0.15) is 23.4 Å². The summed E-state index contributed by atoms with van der Waals surface area (Å²) in [5, 5.41) is 12.3. The van der Waals surface area contributed by atoms with Gasteiger partial charge in [0.05, 0.1) is 28.4 Å². The topological polar surface area (TPSA) is 89.0 Å². The summed E-state index contributed by atoms with van der Waals surface area (Å²) >= 11 is 7.42. The molecule has 7 nitrogen and oxygen atoms in total. The Bertz CT molecular complexity index is 1630. The van der Waals surface area contributed by atoms with Gasteiger partial charge in [-0.1, -0.05) is 35.1 Å². The van der Waals surface area contributed by atoms with Gasteiger partial charge in [0, 0.05) is 17.0 Å². The molecule has 2 aliphatic rings. The molecule has 0 bridgehead atoms. The maximum atomic E-state index is 13.5. The van der Waals surface area contributed by atoms with E-state index in [1.807, 2.05) is 38.1 Å². The Hall–Kier alpha value is -3.88. The lowest BCUT2D eigenvalue weighted by Crippen LogP contribution is -2.29. The first-order valence-electron chi connectivity index (χ1n) is 12.2. The van der Waals surface area contributed by atoms with Crippen molar-refractivity contribution >= 4 is 55.7 Å². The number of fused-ring (bicyclic) bond motifs is 2. The molecule has 2 aliphatic heterocycles. The number of anilines is 1. The van der Waals surface area contributed by atoms with E-state index in [-0.39, 0.29) is 17.4 Å². The first kappa shape index (κ1) is 24.5. The average Bonchev–Trinajstić information content (AvgIpc) is 3.56. The number of nitrogens with zero attached hydrogens (tertiary/aromatic N) is 2. The summed E-state index contributed by atoms with van der Waals surface area (Å²) in [7, 11) is 0. The van der Waals surface area contributed by atoms with Crippen LogP contribution in [0.25, 0.3) is 16.0 Å². The average molecular weight is 547 g/mol. The molecule has 1 fully saturated rings. The molecule has 3 heterocycles. The second-order valence-electron chi connectivity index (χ2n) is 9.23. The van der Waals surface area contributed by atoms with E-state index in [4.69, 9.17) is 21.1 Å². The first-order chi connectivity index (χ1) is 18.3. The van der Waals surface area contributed by atoms with Gasteiger partial charge >= 0.3 is 5.91 Å². The zero-order chi connectivity index (χ0) is 26.6. The second-order valence-corrected chi connectivity index (χ2v) is 10.7. The fraction of sp³-hybridized carbons (Fsp3) is 0.207. The van der Waals surface area contributed by atoms with Gasteiger partial charge in [-0.05, 0) is 73.5 Å². The number of ether oxygens (including phenoxy) is 2. The lowest BCUT2D eigenvalue weighted by Gasteiger charge is -2.23. The van der Waals surface area contributed by atoms with Crippen LogP contribution in [-0.2, 0) is 16.0 Å². The summed E-state index contributed by atoms with van der Waals surface area (Å²) in [6.45, 7) is 4.40. The fourth-order valence-electron chi connectivity index (χ4n) is 4.97. The minimum atomic E-state index is -0.886. The Morgan fingerprint density at radius 3 is 2.71 bits per heavy atom. The van der Waals surface area contributed by atoms with Crippen molar-refractivity contribution in [3.8, 4) is 11.5 Å². The number of carbonyl (C=O) groups is 2. The molecule has 1 saturated heterocycles. The number of Topliss-reactive ketones (excluding diaryl/α,β-unsaturated/α-hetero) is 1. The van der Waals surface area contributed by atoms with E-state index in [0.717, 1.165) is 16.0 Å². The molecule has 192 valence electrons. The van der Waals surface area contributed by atoms with Gasteiger partial charge in [-0.25, -0.2) is 4.98 Å². The van der Waals surface area contributed by atoms with Crippen molar-refractivity contribution < 1.29 is 24.2 Å². The Morgan fingerprint density at radius 2 is 1.95 bits per heavy atom. The van der Waals surface area contributed by atoms with E-state index in [2.05, 4.69) is 4.98 Å². The Balaban J connectivity index is 1.50. The maximum absolute atomic E-state index is 13.5. The van der Waals surface area contributed by atoms with Crippen LogP contribution in [0, 0.1) is 0 Å². The summed E-state index contributed by atoms with van der Waals surface area (Å²) < 4.78 is 12.2. The molecule has 1 N–H and O–H groups in total. The predicted octanol–water partition coefficient (Wildman–Crippen LogP) is 6.30. The molecule has 38 heavy (non-hydrogen) atoms. The van der Waals surface area contributed by atoms with Crippen molar-refractivity contribution in [2.45, 2.75) is 32.4 Å². The molecule has 0 spiro atoms. The van der Waals surface area contributed by atoms with Gasteiger partial charge in [-0.15, -0.1) is 0 Å². The van der Waals surface area contributed by atoms with Crippen LogP contribution in [0.2, 0.25) is 5.02 Å². The van der Waals surface area contributed by atoms with Gasteiger partial charge in [-0.3, -0.25) is 14.5 Å².